The van der Waals surface area contributed by atoms with Gasteiger partial charge in [-0.05, 0) is 44.0 Å². The molecule has 0 atom stereocenters. The Morgan fingerprint density at radius 2 is 1.94 bits per heavy atom. The van der Waals surface area contributed by atoms with Gasteiger partial charge in [-0.1, -0.05) is 12.1 Å². The molecule has 0 spiro atoms. The van der Waals surface area contributed by atoms with Crippen LogP contribution in [0.15, 0.2) is 53.2 Å². The Morgan fingerprint density at radius 3 is 2.58 bits per heavy atom. The van der Waals surface area contributed by atoms with Crippen molar-refractivity contribution >= 4 is 47.2 Å². The van der Waals surface area contributed by atoms with Crippen molar-refractivity contribution in [1.82, 2.24) is 30.7 Å². The van der Waals surface area contributed by atoms with Gasteiger partial charge in [0.2, 0.25) is 0 Å². The van der Waals surface area contributed by atoms with E-state index in [1.165, 1.54) is 16.9 Å². The van der Waals surface area contributed by atoms with Crippen LogP contribution in [0.25, 0.3) is 5.69 Å². The molecule has 0 aliphatic carbocycles. The minimum absolute atomic E-state index is 0. The molecule has 0 bridgehead atoms. The number of hydrogen-bond acceptors (Lipinski definition) is 5. The first-order valence-corrected chi connectivity index (χ1v) is 10.8. The summed E-state index contributed by atoms with van der Waals surface area (Å²) in [5, 5.41) is 13.6. The second kappa shape index (κ2) is 13.1. The van der Waals surface area contributed by atoms with Crippen molar-refractivity contribution in [2.45, 2.75) is 20.3 Å². The first-order chi connectivity index (χ1) is 14.7. The number of halogens is 1. The summed E-state index contributed by atoms with van der Waals surface area (Å²) >= 11 is 1.35. The summed E-state index contributed by atoms with van der Waals surface area (Å²) in [6, 6.07) is 10.2. The van der Waals surface area contributed by atoms with Crippen LogP contribution in [0.2, 0.25) is 0 Å². The number of aliphatic imine (C=N–C) groups is 1. The molecule has 0 unspecified atom stereocenters. The predicted molar refractivity (Wildman–Crippen MR) is 136 cm³/mol. The summed E-state index contributed by atoms with van der Waals surface area (Å²) in [6.45, 7) is 6.41. The van der Waals surface area contributed by atoms with E-state index in [4.69, 9.17) is 0 Å². The molecule has 1 amide bonds. The normalized spacial score (nSPS) is 11.0. The third-order valence-corrected chi connectivity index (χ3v) is 5.30. The van der Waals surface area contributed by atoms with E-state index in [0.717, 1.165) is 30.3 Å². The lowest BCUT2D eigenvalue weighted by atomic mass is 10.1. The Labute approximate surface area is 203 Å². The minimum Gasteiger partial charge on any atom is -0.357 e. The molecule has 31 heavy (non-hydrogen) atoms. The SMILES string of the molecule is CCNC(=NCCc1ccc(-n2cccn2)cc1)NCCNC(=O)c1scnc1C.I. The van der Waals surface area contributed by atoms with E-state index in [1.54, 1.807) is 11.7 Å². The highest BCUT2D eigenvalue weighted by molar-refractivity contribution is 14.0. The van der Waals surface area contributed by atoms with Crippen LogP contribution in [-0.4, -0.2) is 52.8 Å². The summed E-state index contributed by atoms with van der Waals surface area (Å²) in [6.07, 6.45) is 4.54. The van der Waals surface area contributed by atoms with Crippen LogP contribution in [0.4, 0.5) is 0 Å². The quantitative estimate of drug-likeness (QED) is 0.164. The van der Waals surface area contributed by atoms with Gasteiger partial charge >= 0.3 is 0 Å². The summed E-state index contributed by atoms with van der Waals surface area (Å²) in [5.74, 6) is 0.658. The van der Waals surface area contributed by atoms with Gasteiger partial charge in [-0.25, -0.2) is 9.67 Å². The fourth-order valence-electron chi connectivity index (χ4n) is 2.83. The highest BCUT2D eigenvalue weighted by Gasteiger charge is 2.10. The molecule has 2 aromatic heterocycles. The van der Waals surface area contributed by atoms with Crippen LogP contribution < -0.4 is 16.0 Å². The summed E-state index contributed by atoms with van der Waals surface area (Å²) in [7, 11) is 0. The van der Waals surface area contributed by atoms with Gasteiger partial charge in [0.1, 0.15) is 4.88 Å². The number of aryl methyl sites for hydroxylation is 1. The van der Waals surface area contributed by atoms with Crippen molar-refractivity contribution in [3.63, 3.8) is 0 Å². The number of thiazole rings is 1. The standard InChI is InChI=1S/C21H27N7OS.HI/c1-3-22-21(25-13-12-23-20(29)19-16(2)26-15-30-19)24-11-9-17-5-7-18(8-6-17)28-14-4-10-27-28;/h4-8,10,14-15H,3,9,11-13H2,1-2H3,(H,23,29)(H2,22,24,25);1H. The zero-order chi connectivity index (χ0) is 21.2. The number of aromatic nitrogens is 3. The molecule has 0 fully saturated rings. The van der Waals surface area contributed by atoms with Gasteiger partial charge in [-0.2, -0.15) is 5.10 Å². The number of nitrogens with zero attached hydrogens (tertiary/aromatic N) is 4. The van der Waals surface area contributed by atoms with Crippen molar-refractivity contribution in [2.75, 3.05) is 26.2 Å². The number of rotatable bonds is 9. The molecule has 10 heteroatoms. The van der Waals surface area contributed by atoms with E-state index >= 15 is 0 Å². The number of nitrogens with one attached hydrogen (secondary N) is 3. The molecule has 3 rings (SSSR count). The first kappa shape index (κ1) is 24.8. The van der Waals surface area contributed by atoms with E-state index in [0.29, 0.717) is 24.5 Å². The number of carbonyl (C=O) groups excluding carboxylic acids is 1. The molecule has 3 aromatic rings. The van der Waals surface area contributed by atoms with Crippen molar-refractivity contribution in [2.24, 2.45) is 4.99 Å². The molecule has 0 aliphatic heterocycles. The van der Waals surface area contributed by atoms with Crippen molar-refractivity contribution in [3.05, 3.63) is 64.4 Å². The molecule has 0 aliphatic rings. The number of amides is 1. The average molecular weight is 553 g/mol. The third kappa shape index (κ3) is 7.62. The number of benzene rings is 1. The molecule has 8 nitrogen and oxygen atoms in total. The van der Waals surface area contributed by atoms with Gasteiger partial charge in [-0.3, -0.25) is 9.79 Å². The highest BCUT2D eigenvalue weighted by Crippen LogP contribution is 2.11. The number of hydrogen-bond donors (Lipinski definition) is 3. The minimum atomic E-state index is -0.0858. The Bertz CT molecular complexity index is 955. The Hall–Kier alpha value is -2.47. The lowest BCUT2D eigenvalue weighted by Crippen LogP contribution is -2.41. The maximum atomic E-state index is 12.1. The van der Waals surface area contributed by atoms with E-state index in [2.05, 4.69) is 55.3 Å². The molecule has 0 saturated carbocycles. The molecule has 0 saturated heterocycles. The topological polar surface area (TPSA) is 96.2 Å². The van der Waals surface area contributed by atoms with Gasteiger partial charge < -0.3 is 16.0 Å². The molecular weight excluding hydrogens is 525 g/mol. The summed E-state index contributed by atoms with van der Waals surface area (Å²) in [4.78, 5) is 21.5. The number of carbonyl (C=O) groups is 1. The van der Waals surface area contributed by atoms with Gasteiger partial charge in [-0.15, -0.1) is 35.3 Å². The fraction of sp³-hybridized carbons (Fsp3) is 0.333. The second-order valence-electron chi connectivity index (χ2n) is 6.58. The van der Waals surface area contributed by atoms with Crippen LogP contribution in [0.1, 0.15) is 27.9 Å². The monoisotopic (exact) mass is 553 g/mol. The predicted octanol–water partition coefficient (Wildman–Crippen LogP) is 2.78. The van der Waals surface area contributed by atoms with Gasteiger partial charge in [0.15, 0.2) is 5.96 Å². The first-order valence-electron chi connectivity index (χ1n) is 9.96. The molecule has 3 N–H and O–H groups in total. The third-order valence-electron chi connectivity index (χ3n) is 4.37. The fourth-order valence-corrected chi connectivity index (χ4v) is 3.55. The molecular formula is C21H28IN7OS. The molecule has 2 heterocycles. The van der Waals surface area contributed by atoms with E-state index in [9.17, 15) is 4.79 Å². The Morgan fingerprint density at radius 1 is 1.16 bits per heavy atom. The van der Waals surface area contributed by atoms with Crippen molar-refractivity contribution in [1.29, 1.82) is 0 Å². The second-order valence-corrected chi connectivity index (χ2v) is 7.43. The maximum absolute atomic E-state index is 12.1. The van der Waals surface area contributed by atoms with Crippen LogP contribution in [0, 0.1) is 6.92 Å². The van der Waals surface area contributed by atoms with Crippen LogP contribution in [0.5, 0.6) is 0 Å². The van der Waals surface area contributed by atoms with E-state index in [1.807, 2.05) is 30.8 Å². The van der Waals surface area contributed by atoms with Gasteiger partial charge in [0, 0.05) is 38.6 Å². The number of guanidine groups is 1. The van der Waals surface area contributed by atoms with Crippen LogP contribution in [-0.2, 0) is 6.42 Å². The maximum Gasteiger partial charge on any atom is 0.263 e. The lowest BCUT2D eigenvalue weighted by molar-refractivity contribution is 0.0957. The zero-order valence-electron chi connectivity index (χ0n) is 17.7. The van der Waals surface area contributed by atoms with Gasteiger partial charge in [0.25, 0.3) is 5.91 Å². The summed E-state index contributed by atoms with van der Waals surface area (Å²) in [5.41, 5.74) is 4.71. The summed E-state index contributed by atoms with van der Waals surface area (Å²) < 4.78 is 1.84. The van der Waals surface area contributed by atoms with E-state index in [-0.39, 0.29) is 29.9 Å². The molecule has 0 radical (unpaired) electrons. The van der Waals surface area contributed by atoms with Crippen molar-refractivity contribution in [3.8, 4) is 5.69 Å². The Balaban J connectivity index is 0.00000341. The lowest BCUT2D eigenvalue weighted by Gasteiger charge is -2.12. The molecule has 166 valence electrons. The van der Waals surface area contributed by atoms with Crippen LogP contribution in [0.3, 0.4) is 0 Å². The van der Waals surface area contributed by atoms with Crippen molar-refractivity contribution < 1.29 is 4.79 Å². The molecule has 1 aromatic carbocycles. The zero-order valence-corrected chi connectivity index (χ0v) is 20.8. The average Bonchev–Trinajstić information content (AvgIpc) is 3.43. The highest BCUT2D eigenvalue weighted by atomic mass is 127. The Kier molecular flexibility index (Phi) is 10.4. The smallest absolute Gasteiger partial charge is 0.263 e. The van der Waals surface area contributed by atoms with E-state index < -0.39 is 0 Å². The van der Waals surface area contributed by atoms with Crippen LogP contribution >= 0.6 is 35.3 Å². The van der Waals surface area contributed by atoms with Gasteiger partial charge in [0.05, 0.1) is 16.9 Å². The largest absolute Gasteiger partial charge is 0.357 e.